The van der Waals surface area contributed by atoms with E-state index in [1.54, 1.807) is 40.5 Å². The van der Waals surface area contributed by atoms with Gasteiger partial charge in [-0.05, 0) is 49.9 Å². The smallest absolute Gasteiger partial charge is 0.338 e. The van der Waals surface area contributed by atoms with Gasteiger partial charge in [0, 0.05) is 18.5 Å². The first-order valence-corrected chi connectivity index (χ1v) is 9.98. The van der Waals surface area contributed by atoms with E-state index in [1.807, 2.05) is 12.3 Å². The number of rotatable bonds is 6. The zero-order chi connectivity index (χ0) is 19.2. The Morgan fingerprint density at radius 1 is 1.30 bits per heavy atom. The summed E-state index contributed by atoms with van der Waals surface area (Å²) in [5.41, 5.74) is 1.28. The maximum absolute atomic E-state index is 12.2. The van der Waals surface area contributed by atoms with Crippen molar-refractivity contribution in [3.8, 4) is 5.75 Å². The lowest BCUT2D eigenvalue weighted by Crippen LogP contribution is -2.41. The van der Waals surface area contributed by atoms with Crippen molar-refractivity contribution < 1.29 is 19.1 Å². The third kappa shape index (κ3) is 5.53. The molecule has 2 aromatic rings. The first-order chi connectivity index (χ1) is 13.0. The van der Waals surface area contributed by atoms with Crippen LogP contribution >= 0.6 is 11.3 Å². The number of nitrogens with zero attached hydrogens (tertiary/aromatic N) is 2. The van der Waals surface area contributed by atoms with Gasteiger partial charge in [-0.25, -0.2) is 9.78 Å². The summed E-state index contributed by atoms with van der Waals surface area (Å²) in [5, 5.41) is 2.96. The number of ether oxygens (including phenoxy) is 2. The van der Waals surface area contributed by atoms with E-state index < -0.39 is 5.97 Å². The number of amides is 1. The van der Waals surface area contributed by atoms with Gasteiger partial charge in [-0.3, -0.25) is 4.79 Å². The molecule has 0 N–H and O–H groups in total. The minimum Gasteiger partial charge on any atom is -0.487 e. The molecular formula is C20H24N2O4S. The highest BCUT2D eigenvalue weighted by atomic mass is 32.1. The lowest BCUT2D eigenvalue weighted by Gasteiger charge is -2.30. The van der Waals surface area contributed by atoms with Gasteiger partial charge in [0.2, 0.25) is 0 Å². The number of carbonyl (C=O) groups is 2. The number of esters is 1. The Kier molecular flexibility index (Phi) is 6.45. The molecule has 27 heavy (non-hydrogen) atoms. The molecule has 2 heterocycles. The number of piperidine rings is 1. The highest BCUT2D eigenvalue weighted by Gasteiger charge is 2.22. The molecule has 1 amide bonds. The molecule has 0 bridgehead atoms. The maximum Gasteiger partial charge on any atom is 0.338 e. The second-order valence-corrected chi connectivity index (χ2v) is 7.90. The fourth-order valence-corrected chi connectivity index (χ4v) is 3.63. The number of thiazole rings is 1. The zero-order valence-electron chi connectivity index (χ0n) is 15.6. The van der Waals surface area contributed by atoms with Crippen molar-refractivity contribution in [2.45, 2.75) is 33.3 Å². The van der Waals surface area contributed by atoms with E-state index >= 15 is 0 Å². The number of hydrogen-bond donors (Lipinski definition) is 0. The summed E-state index contributed by atoms with van der Waals surface area (Å²) in [5.74, 6) is 0.512. The predicted molar refractivity (Wildman–Crippen MR) is 103 cm³/mol. The van der Waals surface area contributed by atoms with Gasteiger partial charge in [0.15, 0.2) is 6.61 Å². The van der Waals surface area contributed by atoms with Gasteiger partial charge >= 0.3 is 5.97 Å². The quantitative estimate of drug-likeness (QED) is 0.709. The van der Waals surface area contributed by atoms with Crippen LogP contribution in [0.1, 0.15) is 40.8 Å². The van der Waals surface area contributed by atoms with E-state index in [0.717, 1.165) is 36.6 Å². The SMILES string of the molecule is Cc1nc(COc2ccc(C(=O)OCC(=O)N3CCC[C@H](C)C3)cc2)cs1. The number of carbonyl (C=O) groups excluding carboxylic acids is 2. The third-order valence-electron chi connectivity index (χ3n) is 4.48. The van der Waals surface area contributed by atoms with Crippen LogP contribution in [0.25, 0.3) is 0 Å². The normalized spacial score (nSPS) is 16.8. The van der Waals surface area contributed by atoms with Crippen molar-refractivity contribution in [2.75, 3.05) is 19.7 Å². The van der Waals surface area contributed by atoms with Crippen LogP contribution < -0.4 is 4.74 Å². The van der Waals surface area contributed by atoms with Crippen molar-refractivity contribution in [2.24, 2.45) is 5.92 Å². The van der Waals surface area contributed by atoms with Crippen LogP contribution in [0.2, 0.25) is 0 Å². The average molecular weight is 388 g/mol. The molecule has 1 aliphatic heterocycles. The Labute approximate surface area is 163 Å². The van der Waals surface area contributed by atoms with Gasteiger partial charge in [0.05, 0.1) is 16.3 Å². The summed E-state index contributed by atoms with van der Waals surface area (Å²) < 4.78 is 10.8. The Balaban J connectivity index is 1.46. The summed E-state index contributed by atoms with van der Waals surface area (Å²) in [6, 6.07) is 6.70. The number of aryl methyl sites for hydroxylation is 1. The molecule has 0 aliphatic carbocycles. The van der Waals surface area contributed by atoms with Gasteiger partial charge in [-0.1, -0.05) is 6.92 Å². The fraction of sp³-hybridized carbons (Fsp3) is 0.450. The Morgan fingerprint density at radius 2 is 2.07 bits per heavy atom. The first-order valence-electron chi connectivity index (χ1n) is 9.10. The van der Waals surface area contributed by atoms with E-state index in [1.165, 1.54) is 0 Å². The van der Waals surface area contributed by atoms with Crippen LogP contribution in [0.3, 0.4) is 0 Å². The second kappa shape index (κ2) is 8.99. The Morgan fingerprint density at radius 3 is 2.74 bits per heavy atom. The number of benzene rings is 1. The van der Waals surface area contributed by atoms with Crippen molar-refractivity contribution in [3.63, 3.8) is 0 Å². The van der Waals surface area contributed by atoms with Crippen molar-refractivity contribution in [1.82, 2.24) is 9.88 Å². The van der Waals surface area contributed by atoms with Crippen LogP contribution in [0, 0.1) is 12.8 Å². The zero-order valence-corrected chi connectivity index (χ0v) is 16.5. The van der Waals surface area contributed by atoms with Gasteiger partial charge in [0.1, 0.15) is 12.4 Å². The van der Waals surface area contributed by atoms with Crippen LogP contribution in [0.15, 0.2) is 29.6 Å². The monoisotopic (exact) mass is 388 g/mol. The number of hydrogen-bond acceptors (Lipinski definition) is 6. The maximum atomic E-state index is 12.2. The molecule has 1 aromatic heterocycles. The molecule has 1 saturated heterocycles. The summed E-state index contributed by atoms with van der Waals surface area (Å²) in [6.07, 6.45) is 2.14. The molecular weight excluding hydrogens is 364 g/mol. The minimum atomic E-state index is -0.505. The highest BCUT2D eigenvalue weighted by Crippen LogP contribution is 2.17. The molecule has 144 valence electrons. The average Bonchev–Trinajstić information content (AvgIpc) is 3.10. The van der Waals surface area contributed by atoms with E-state index in [2.05, 4.69) is 11.9 Å². The molecule has 3 rings (SSSR count). The van der Waals surface area contributed by atoms with E-state index in [0.29, 0.717) is 23.8 Å². The van der Waals surface area contributed by atoms with Gasteiger partial charge in [-0.15, -0.1) is 11.3 Å². The van der Waals surface area contributed by atoms with Gasteiger partial charge in [-0.2, -0.15) is 0 Å². The molecule has 0 radical (unpaired) electrons. The largest absolute Gasteiger partial charge is 0.487 e. The van der Waals surface area contributed by atoms with Crippen LogP contribution in [0.5, 0.6) is 5.75 Å². The number of aromatic nitrogens is 1. The fourth-order valence-electron chi connectivity index (χ4n) is 3.04. The molecule has 0 spiro atoms. The van der Waals surface area contributed by atoms with E-state index in [-0.39, 0.29) is 12.5 Å². The van der Waals surface area contributed by atoms with Gasteiger partial charge < -0.3 is 14.4 Å². The molecule has 0 saturated carbocycles. The Hall–Kier alpha value is -2.41. The van der Waals surface area contributed by atoms with Crippen LogP contribution in [0.4, 0.5) is 0 Å². The van der Waals surface area contributed by atoms with E-state index in [9.17, 15) is 9.59 Å². The summed E-state index contributed by atoms with van der Waals surface area (Å²) in [7, 11) is 0. The molecule has 1 fully saturated rings. The number of likely N-dealkylation sites (tertiary alicyclic amines) is 1. The molecule has 1 atom stereocenters. The standard InChI is InChI=1S/C20H24N2O4S/c1-14-4-3-9-22(10-14)19(23)12-26-20(24)16-5-7-18(8-6-16)25-11-17-13-27-15(2)21-17/h5-8,13-14H,3-4,9-12H2,1-2H3/t14-/m0/s1. The summed E-state index contributed by atoms with van der Waals surface area (Å²) in [4.78, 5) is 30.4. The summed E-state index contributed by atoms with van der Waals surface area (Å²) >= 11 is 1.58. The topological polar surface area (TPSA) is 68.7 Å². The minimum absolute atomic E-state index is 0.131. The first kappa shape index (κ1) is 19.4. The van der Waals surface area contributed by atoms with E-state index in [4.69, 9.17) is 9.47 Å². The van der Waals surface area contributed by atoms with Crippen LogP contribution in [-0.4, -0.2) is 41.5 Å². The second-order valence-electron chi connectivity index (χ2n) is 6.83. The molecule has 6 nitrogen and oxygen atoms in total. The van der Waals surface area contributed by atoms with Crippen molar-refractivity contribution >= 4 is 23.2 Å². The highest BCUT2D eigenvalue weighted by molar-refractivity contribution is 7.09. The molecule has 7 heteroatoms. The van der Waals surface area contributed by atoms with Crippen molar-refractivity contribution in [1.29, 1.82) is 0 Å². The lowest BCUT2D eigenvalue weighted by molar-refractivity contribution is -0.136. The summed E-state index contributed by atoms with van der Waals surface area (Å²) in [6.45, 7) is 5.73. The molecule has 0 unspecified atom stereocenters. The Bertz CT molecular complexity index is 788. The van der Waals surface area contributed by atoms with Crippen molar-refractivity contribution in [3.05, 3.63) is 45.9 Å². The predicted octanol–water partition coefficient (Wildman–Crippen LogP) is 3.45. The lowest BCUT2D eigenvalue weighted by atomic mass is 10.0. The van der Waals surface area contributed by atoms with Gasteiger partial charge in [0.25, 0.3) is 5.91 Å². The molecule has 1 aromatic carbocycles. The van der Waals surface area contributed by atoms with Crippen LogP contribution in [-0.2, 0) is 16.1 Å². The third-order valence-corrected chi connectivity index (χ3v) is 5.30. The molecule has 1 aliphatic rings.